The van der Waals surface area contributed by atoms with Crippen molar-refractivity contribution in [2.75, 3.05) is 0 Å². The average molecular weight is 254 g/mol. The van der Waals surface area contributed by atoms with Gasteiger partial charge in [-0.05, 0) is 31.5 Å². The molecule has 0 fully saturated rings. The summed E-state index contributed by atoms with van der Waals surface area (Å²) in [7, 11) is 0. The zero-order valence-electron chi connectivity index (χ0n) is 10.4. The number of fused-ring (bicyclic) bond motifs is 3. The smallest absolute Gasteiger partial charge is 0.273 e. The number of hydrogen-bond donors (Lipinski definition) is 0. The molecule has 0 aliphatic heterocycles. The van der Waals surface area contributed by atoms with Crippen molar-refractivity contribution in [1.82, 2.24) is 4.98 Å². The molecule has 0 bridgehead atoms. The van der Waals surface area contributed by atoms with Gasteiger partial charge in [-0.25, -0.2) is 0 Å². The summed E-state index contributed by atoms with van der Waals surface area (Å²) < 4.78 is 0. The Morgan fingerprint density at radius 1 is 1.11 bits per heavy atom. The highest BCUT2D eigenvalue weighted by molar-refractivity contribution is 6.21. The second kappa shape index (κ2) is 3.71. The zero-order chi connectivity index (χ0) is 13.7. The number of hydrogen-bond acceptors (Lipinski definition) is 4. The predicted octanol–water partition coefficient (Wildman–Crippen LogP) is 2.82. The highest BCUT2D eigenvalue weighted by Crippen LogP contribution is 2.38. The summed E-state index contributed by atoms with van der Waals surface area (Å²) in [5, 5.41) is 11.0. The van der Waals surface area contributed by atoms with Crippen LogP contribution in [0.3, 0.4) is 0 Å². The lowest BCUT2D eigenvalue weighted by atomic mass is 10.0. The summed E-state index contributed by atoms with van der Waals surface area (Å²) in [4.78, 5) is 27.0. The van der Waals surface area contributed by atoms with E-state index in [2.05, 4.69) is 4.98 Å². The van der Waals surface area contributed by atoms with Crippen molar-refractivity contribution >= 4 is 11.5 Å². The van der Waals surface area contributed by atoms with Gasteiger partial charge in [-0.2, -0.15) is 0 Å². The number of aryl methyl sites for hydroxylation is 2. The summed E-state index contributed by atoms with van der Waals surface area (Å²) in [6.07, 6.45) is 1.66. The number of ketones is 1. The minimum atomic E-state index is -0.438. The molecule has 5 nitrogen and oxygen atoms in total. The maximum Gasteiger partial charge on any atom is 0.273 e. The SMILES string of the molecule is Cc1cnc2c(c1)C(=O)c1cc(C)c([N+](=O)[O-])cc1-2. The van der Waals surface area contributed by atoms with E-state index in [9.17, 15) is 14.9 Å². The van der Waals surface area contributed by atoms with Gasteiger partial charge in [-0.3, -0.25) is 19.9 Å². The Labute approximate surface area is 109 Å². The Morgan fingerprint density at radius 3 is 2.53 bits per heavy atom. The van der Waals surface area contributed by atoms with Crippen LogP contribution in [0.1, 0.15) is 27.0 Å². The van der Waals surface area contributed by atoms with E-state index < -0.39 is 4.92 Å². The first-order valence-corrected chi connectivity index (χ1v) is 5.80. The van der Waals surface area contributed by atoms with E-state index in [0.717, 1.165) is 5.56 Å². The normalized spacial score (nSPS) is 12.2. The quantitative estimate of drug-likeness (QED) is 0.494. The van der Waals surface area contributed by atoms with Gasteiger partial charge < -0.3 is 0 Å². The lowest BCUT2D eigenvalue weighted by Gasteiger charge is -2.02. The summed E-state index contributed by atoms with van der Waals surface area (Å²) in [5.41, 5.74) is 3.51. The first-order chi connectivity index (χ1) is 8.99. The Bertz CT molecular complexity index is 751. The second-order valence-corrected chi connectivity index (χ2v) is 4.68. The minimum Gasteiger partial charge on any atom is -0.289 e. The van der Waals surface area contributed by atoms with Gasteiger partial charge in [0.1, 0.15) is 0 Å². The van der Waals surface area contributed by atoms with Gasteiger partial charge in [0.05, 0.1) is 10.6 Å². The highest BCUT2D eigenvalue weighted by atomic mass is 16.6. The fraction of sp³-hybridized carbons (Fsp3) is 0.143. The first-order valence-electron chi connectivity index (χ1n) is 5.80. The van der Waals surface area contributed by atoms with Crippen LogP contribution in [0, 0.1) is 24.0 Å². The van der Waals surface area contributed by atoms with E-state index in [1.807, 2.05) is 6.92 Å². The molecule has 0 atom stereocenters. The molecule has 1 aromatic carbocycles. The number of carbonyl (C=O) groups excluding carboxylic acids is 1. The largest absolute Gasteiger partial charge is 0.289 e. The Kier molecular flexibility index (Phi) is 2.25. The van der Waals surface area contributed by atoms with Crippen LogP contribution in [-0.4, -0.2) is 15.7 Å². The van der Waals surface area contributed by atoms with Gasteiger partial charge in [-0.15, -0.1) is 0 Å². The van der Waals surface area contributed by atoms with Crippen LogP contribution < -0.4 is 0 Å². The maximum absolute atomic E-state index is 12.3. The highest BCUT2D eigenvalue weighted by Gasteiger charge is 2.30. The van der Waals surface area contributed by atoms with E-state index in [4.69, 9.17) is 0 Å². The van der Waals surface area contributed by atoms with E-state index in [0.29, 0.717) is 27.9 Å². The molecular formula is C14H10N2O3. The molecule has 0 saturated heterocycles. The van der Waals surface area contributed by atoms with Gasteiger partial charge in [0.2, 0.25) is 0 Å². The molecule has 0 saturated carbocycles. The van der Waals surface area contributed by atoms with Crippen molar-refractivity contribution in [3.63, 3.8) is 0 Å². The van der Waals surface area contributed by atoms with Gasteiger partial charge in [0.15, 0.2) is 5.78 Å². The minimum absolute atomic E-state index is 0.0155. The zero-order valence-corrected chi connectivity index (χ0v) is 10.4. The fourth-order valence-electron chi connectivity index (χ4n) is 2.38. The predicted molar refractivity (Wildman–Crippen MR) is 69.2 cm³/mol. The number of nitro groups is 1. The molecule has 1 aliphatic rings. The van der Waals surface area contributed by atoms with Crippen LogP contribution in [-0.2, 0) is 0 Å². The molecule has 3 rings (SSSR count). The van der Waals surface area contributed by atoms with Crippen LogP contribution in [0.15, 0.2) is 24.4 Å². The lowest BCUT2D eigenvalue weighted by molar-refractivity contribution is -0.385. The molecule has 1 aromatic heterocycles. The van der Waals surface area contributed by atoms with E-state index >= 15 is 0 Å². The summed E-state index contributed by atoms with van der Waals surface area (Å²) >= 11 is 0. The van der Waals surface area contributed by atoms with E-state index in [1.54, 1.807) is 25.3 Å². The third kappa shape index (κ3) is 1.55. The molecule has 0 unspecified atom stereocenters. The fourth-order valence-corrected chi connectivity index (χ4v) is 2.38. The van der Waals surface area contributed by atoms with Crippen molar-refractivity contribution in [2.45, 2.75) is 13.8 Å². The van der Waals surface area contributed by atoms with E-state index in [1.165, 1.54) is 6.07 Å². The van der Waals surface area contributed by atoms with Crippen LogP contribution in [0.4, 0.5) is 5.69 Å². The lowest BCUT2D eigenvalue weighted by Crippen LogP contribution is -1.98. The van der Waals surface area contributed by atoms with Crippen molar-refractivity contribution in [3.05, 3.63) is 56.8 Å². The topological polar surface area (TPSA) is 73.1 Å². The Hall–Kier alpha value is -2.56. The third-order valence-corrected chi connectivity index (χ3v) is 3.30. The number of benzene rings is 1. The molecule has 0 amide bonds. The number of carbonyl (C=O) groups is 1. The van der Waals surface area contributed by atoms with Crippen LogP contribution in [0.2, 0.25) is 0 Å². The number of rotatable bonds is 1. The second-order valence-electron chi connectivity index (χ2n) is 4.68. The van der Waals surface area contributed by atoms with Gasteiger partial charge in [0, 0.05) is 34.5 Å². The number of nitrogens with zero attached hydrogens (tertiary/aromatic N) is 2. The summed E-state index contributed by atoms with van der Waals surface area (Å²) in [6, 6.07) is 4.79. The van der Waals surface area contributed by atoms with Crippen LogP contribution in [0.25, 0.3) is 11.3 Å². The Morgan fingerprint density at radius 2 is 1.84 bits per heavy atom. The first kappa shape index (κ1) is 11.5. The number of aromatic nitrogens is 1. The molecular weight excluding hydrogens is 244 g/mol. The van der Waals surface area contributed by atoms with Crippen molar-refractivity contribution < 1.29 is 9.72 Å². The molecule has 0 spiro atoms. The van der Waals surface area contributed by atoms with Crippen molar-refractivity contribution in [3.8, 4) is 11.3 Å². The van der Waals surface area contributed by atoms with Gasteiger partial charge in [0.25, 0.3) is 5.69 Å². The molecule has 1 heterocycles. The molecule has 94 valence electrons. The van der Waals surface area contributed by atoms with Crippen LogP contribution in [0.5, 0.6) is 0 Å². The molecule has 2 aromatic rings. The molecule has 19 heavy (non-hydrogen) atoms. The van der Waals surface area contributed by atoms with Crippen molar-refractivity contribution in [2.24, 2.45) is 0 Å². The summed E-state index contributed by atoms with van der Waals surface area (Å²) in [5.74, 6) is -0.112. The molecule has 0 radical (unpaired) electrons. The standard InChI is InChI=1S/C14H10N2O3/c1-7-3-11-13(15-6-7)9-5-12(16(18)19)8(2)4-10(9)14(11)17/h3-6H,1-2H3. The maximum atomic E-state index is 12.3. The average Bonchev–Trinajstić information content (AvgIpc) is 2.61. The molecule has 0 N–H and O–H groups in total. The monoisotopic (exact) mass is 254 g/mol. The Balaban J connectivity index is 2.33. The van der Waals surface area contributed by atoms with E-state index in [-0.39, 0.29) is 11.5 Å². The van der Waals surface area contributed by atoms with Gasteiger partial charge >= 0.3 is 0 Å². The third-order valence-electron chi connectivity index (χ3n) is 3.30. The molecule has 1 aliphatic carbocycles. The summed E-state index contributed by atoms with van der Waals surface area (Å²) in [6.45, 7) is 3.49. The van der Waals surface area contributed by atoms with Crippen molar-refractivity contribution in [1.29, 1.82) is 0 Å². The molecule has 5 heteroatoms. The number of nitro benzene ring substituents is 1. The van der Waals surface area contributed by atoms with Crippen LogP contribution >= 0.6 is 0 Å². The van der Waals surface area contributed by atoms with Gasteiger partial charge in [-0.1, -0.05) is 0 Å². The number of pyridine rings is 1.